The SMILES string of the molecule is CCCCCN(O)N(O)CCCCCS(C)(=O)=O. The molecule has 0 saturated heterocycles. The van der Waals surface area contributed by atoms with Crippen molar-refractivity contribution in [1.82, 2.24) is 10.3 Å². The van der Waals surface area contributed by atoms with Crippen LogP contribution in [0.1, 0.15) is 45.4 Å². The lowest BCUT2D eigenvalue weighted by Crippen LogP contribution is -2.39. The van der Waals surface area contributed by atoms with Crippen LogP contribution in [0.5, 0.6) is 0 Å². The molecule has 2 N–H and O–H groups in total. The zero-order valence-electron chi connectivity index (χ0n) is 11.4. The smallest absolute Gasteiger partial charge is 0.147 e. The Morgan fingerprint density at radius 3 is 1.83 bits per heavy atom. The lowest BCUT2D eigenvalue weighted by atomic mass is 10.2. The van der Waals surface area contributed by atoms with Crippen LogP contribution < -0.4 is 0 Å². The van der Waals surface area contributed by atoms with Crippen molar-refractivity contribution in [2.24, 2.45) is 0 Å². The van der Waals surface area contributed by atoms with Crippen molar-refractivity contribution in [3.05, 3.63) is 0 Å². The third-order valence-electron chi connectivity index (χ3n) is 2.60. The highest BCUT2D eigenvalue weighted by molar-refractivity contribution is 7.90. The Morgan fingerprint density at radius 1 is 0.889 bits per heavy atom. The fraction of sp³-hybridized carbons (Fsp3) is 1.00. The third kappa shape index (κ3) is 10.9. The molecule has 0 atom stereocenters. The van der Waals surface area contributed by atoms with E-state index in [-0.39, 0.29) is 5.75 Å². The Labute approximate surface area is 110 Å². The Hall–Kier alpha value is -0.210. The number of hydrazine groups is 1. The predicted molar refractivity (Wildman–Crippen MR) is 70.1 cm³/mol. The van der Waals surface area contributed by atoms with Crippen molar-refractivity contribution in [3.8, 4) is 0 Å². The maximum atomic E-state index is 10.9. The molecule has 0 amide bonds. The van der Waals surface area contributed by atoms with E-state index < -0.39 is 9.84 Å². The van der Waals surface area contributed by atoms with Gasteiger partial charge in [-0.2, -0.15) is 0 Å². The highest BCUT2D eigenvalue weighted by Gasteiger charge is 2.09. The maximum Gasteiger partial charge on any atom is 0.147 e. The summed E-state index contributed by atoms with van der Waals surface area (Å²) in [6.45, 7) is 2.79. The summed E-state index contributed by atoms with van der Waals surface area (Å²) in [6.07, 6.45) is 6.08. The summed E-state index contributed by atoms with van der Waals surface area (Å²) >= 11 is 0. The van der Waals surface area contributed by atoms with Crippen LogP contribution in [0, 0.1) is 0 Å². The predicted octanol–water partition coefficient (Wildman–Crippen LogP) is 1.69. The van der Waals surface area contributed by atoms with E-state index in [0.717, 1.165) is 29.6 Å². The van der Waals surface area contributed by atoms with Crippen LogP contribution in [0.4, 0.5) is 0 Å². The van der Waals surface area contributed by atoms with Gasteiger partial charge in [-0.3, -0.25) is 10.4 Å². The standard InChI is InChI=1S/C11H26N2O4S/c1-3-4-6-9-12(14)13(15)10-7-5-8-11-18(2,16)17/h14-15H,3-11H2,1-2H3. The van der Waals surface area contributed by atoms with Gasteiger partial charge in [0.25, 0.3) is 0 Å². The molecule has 0 aliphatic carbocycles. The number of unbranched alkanes of at least 4 members (excludes halogenated alkanes) is 4. The lowest BCUT2D eigenvalue weighted by Gasteiger charge is -2.23. The molecule has 0 saturated carbocycles. The minimum absolute atomic E-state index is 0.178. The van der Waals surface area contributed by atoms with E-state index in [0.29, 0.717) is 32.4 Å². The minimum atomic E-state index is -2.89. The van der Waals surface area contributed by atoms with Crippen molar-refractivity contribution in [2.45, 2.75) is 45.4 Å². The van der Waals surface area contributed by atoms with Crippen LogP contribution in [-0.2, 0) is 9.84 Å². The Bertz CT molecular complexity index is 295. The number of nitrogens with zero attached hydrogens (tertiary/aromatic N) is 2. The summed E-state index contributed by atoms with van der Waals surface area (Å²) in [5, 5.41) is 20.5. The quantitative estimate of drug-likeness (QED) is 0.443. The Morgan fingerprint density at radius 2 is 1.39 bits per heavy atom. The van der Waals surface area contributed by atoms with E-state index in [9.17, 15) is 18.8 Å². The second-order valence-corrected chi connectivity index (χ2v) is 6.85. The summed E-state index contributed by atoms with van der Waals surface area (Å²) < 4.78 is 21.8. The molecular formula is C11H26N2O4S. The topological polar surface area (TPSA) is 81.1 Å². The van der Waals surface area contributed by atoms with Gasteiger partial charge in [0.1, 0.15) is 9.84 Å². The molecular weight excluding hydrogens is 256 g/mol. The highest BCUT2D eigenvalue weighted by atomic mass is 32.2. The van der Waals surface area contributed by atoms with E-state index in [1.54, 1.807) is 0 Å². The molecule has 7 heteroatoms. The molecule has 0 unspecified atom stereocenters. The fourth-order valence-corrected chi connectivity index (χ4v) is 2.26. The zero-order chi connectivity index (χ0) is 14.0. The number of rotatable bonds is 11. The Balaban J connectivity index is 3.54. The second-order valence-electron chi connectivity index (χ2n) is 4.59. The van der Waals surface area contributed by atoms with Crippen molar-refractivity contribution in [2.75, 3.05) is 25.1 Å². The molecule has 0 aromatic carbocycles. The van der Waals surface area contributed by atoms with Gasteiger partial charge in [-0.15, -0.1) is 10.3 Å². The molecule has 0 aliphatic rings. The van der Waals surface area contributed by atoms with Gasteiger partial charge in [0.15, 0.2) is 0 Å². The van der Waals surface area contributed by atoms with Gasteiger partial charge in [0, 0.05) is 25.1 Å². The number of hydroxylamine groups is 2. The van der Waals surface area contributed by atoms with E-state index in [1.165, 1.54) is 6.26 Å². The largest absolute Gasteiger partial charge is 0.297 e. The molecule has 0 aliphatic heterocycles. The van der Waals surface area contributed by atoms with Crippen LogP contribution >= 0.6 is 0 Å². The summed E-state index contributed by atoms with van der Waals surface area (Å²) in [4.78, 5) is 0. The second kappa shape index (κ2) is 9.69. The van der Waals surface area contributed by atoms with E-state index in [2.05, 4.69) is 6.92 Å². The van der Waals surface area contributed by atoms with Crippen molar-refractivity contribution >= 4 is 9.84 Å². The normalized spacial score (nSPS) is 12.6. The van der Waals surface area contributed by atoms with Crippen molar-refractivity contribution in [1.29, 1.82) is 0 Å². The minimum Gasteiger partial charge on any atom is -0.297 e. The molecule has 0 aromatic heterocycles. The van der Waals surface area contributed by atoms with Crippen LogP contribution in [0.25, 0.3) is 0 Å². The summed E-state index contributed by atoms with van der Waals surface area (Å²) in [7, 11) is -2.89. The molecule has 0 aromatic rings. The van der Waals surface area contributed by atoms with Gasteiger partial charge in [-0.25, -0.2) is 8.42 Å². The average Bonchev–Trinajstić information content (AvgIpc) is 2.27. The summed E-state index contributed by atoms with van der Waals surface area (Å²) in [5.74, 6) is 0.178. The Kier molecular flexibility index (Phi) is 9.57. The lowest BCUT2D eigenvalue weighted by molar-refractivity contribution is -0.367. The first-order valence-corrected chi connectivity index (χ1v) is 8.53. The number of sulfone groups is 1. The first-order chi connectivity index (χ1) is 8.37. The van der Waals surface area contributed by atoms with Gasteiger partial charge >= 0.3 is 0 Å². The molecule has 0 spiro atoms. The number of hydrogen-bond acceptors (Lipinski definition) is 6. The van der Waals surface area contributed by atoms with Gasteiger partial charge in [-0.05, 0) is 19.3 Å². The molecule has 110 valence electrons. The van der Waals surface area contributed by atoms with E-state index in [1.807, 2.05) is 0 Å². The molecule has 0 fully saturated rings. The van der Waals surface area contributed by atoms with Crippen LogP contribution in [-0.4, -0.2) is 54.3 Å². The fourth-order valence-electron chi connectivity index (χ4n) is 1.53. The molecule has 0 heterocycles. The summed E-state index contributed by atoms with van der Waals surface area (Å²) in [5.41, 5.74) is 0. The molecule has 0 bridgehead atoms. The van der Waals surface area contributed by atoms with Crippen molar-refractivity contribution < 1.29 is 18.8 Å². The van der Waals surface area contributed by atoms with Crippen LogP contribution in [0.3, 0.4) is 0 Å². The molecule has 18 heavy (non-hydrogen) atoms. The molecule has 6 nitrogen and oxygen atoms in total. The first-order valence-electron chi connectivity index (χ1n) is 6.47. The molecule has 0 rings (SSSR count). The van der Waals surface area contributed by atoms with Gasteiger partial charge in [0.05, 0.1) is 0 Å². The average molecular weight is 282 g/mol. The van der Waals surface area contributed by atoms with Gasteiger partial charge in [0.2, 0.25) is 0 Å². The zero-order valence-corrected chi connectivity index (χ0v) is 12.2. The van der Waals surface area contributed by atoms with Crippen LogP contribution in [0.2, 0.25) is 0 Å². The van der Waals surface area contributed by atoms with E-state index >= 15 is 0 Å². The van der Waals surface area contributed by atoms with Crippen LogP contribution in [0.15, 0.2) is 0 Å². The first kappa shape index (κ1) is 17.8. The monoisotopic (exact) mass is 282 g/mol. The number of hydrogen-bond donors (Lipinski definition) is 2. The highest BCUT2D eigenvalue weighted by Crippen LogP contribution is 2.03. The van der Waals surface area contributed by atoms with Crippen molar-refractivity contribution in [3.63, 3.8) is 0 Å². The maximum absolute atomic E-state index is 10.9. The van der Waals surface area contributed by atoms with E-state index in [4.69, 9.17) is 0 Å². The summed E-state index contributed by atoms with van der Waals surface area (Å²) in [6, 6.07) is 0. The van der Waals surface area contributed by atoms with Gasteiger partial charge < -0.3 is 0 Å². The molecule has 0 radical (unpaired) electrons. The third-order valence-corrected chi connectivity index (χ3v) is 3.63. The van der Waals surface area contributed by atoms with Gasteiger partial charge in [-0.1, -0.05) is 26.2 Å².